The Kier molecular flexibility index (Phi) is 14.6. The van der Waals surface area contributed by atoms with Crippen molar-refractivity contribution in [2.24, 2.45) is 11.5 Å². The molecular formula is C52H46BIN8O4. The summed E-state index contributed by atoms with van der Waals surface area (Å²) in [6, 6.07) is 50.1. The number of nitrogens with zero attached hydrogens (tertiary/aromatic N) is 2. The van der Waals surface area contributed by atoms with Crippen molar-refractivity contribution in [1.29, 1.82) is 0 Å². The molecule has 10 N–H and O–H groups in total. The highest BCUT2D eigenvalue weighted by molar-refractivity contribution is 14.1. The van der Waals surface area contributed by atoms with E-state index in [2.05, 4.69) is 72.4 Å². The number of halogens is 1. The largest absolute Gasteiger partial charge is 0.508 e. The third-order valence-corrected chi connectivity index (χ3v) is 11.9. The van der Waals surface area contributed by atoms with Gasteiger partial charge in [0.15, 0.2) is 0 Å². The fourth-order valence-electron chi connectivity index (χ4n) is 7.48. The van der Waals surface area contributed by atoms with Crippen molar-refractivity contribution in [3.63, 3.8) is 0 Å². The van der Waals surface area contributed by atoms with Crippen molar-refractivity contribution in [3.05, 3.63) is 207 Å². The highest BCUT2D eigenvalue weighted by Gasteiger charge is 2.20. The van der Waals surface area contributed by atoms with Gasteiger partial charge in [0, 0.05) is 85.8 Å². The minimum Gasteiger partial charge on any atom is -0.422 e. The average Bonchev–Trinajstić information content (AvgIpc) is 3.98. The van der Waals surface area contributed by atoms with E-state index >= 15 is 0 Å². The summed E-state index contributed by atoms with van der Waals surface area (Å²) < 4.78 is 1.29. The van der Waals surface area contributed by atoms with Crippen LogP contribution in [0.15, 0.2) is 170 Å². The molecule has 0 spiro atoms. The SMILES string of the molecule is Ic1c[nH]c2ccccc12.NCc1ccc(CNC(=O)c2cc(-c3c[nH]c4ccccc34)nc3ccccc23)cc1.NCc1ccc(CNC(=O)c2cc(B(O)O)nc3ccccc23)cc1. The molecule has 328 valence electrons. The summed E-state index contributed by atoms with van der Waals surface area (Å²) >= 11 is 2.32. The van der Waals surface area contributed by atoms with Crippen molar-refractivity contribution in [3.8, 4) is 11.3 Å². The molecule has 10 rings (SSSR count). The second-order valence-electron chi connectivity index (χ2n) is 15.4. The third kappa shape index (κ3) is 10.7. The molecule has 4 aromatic heterocycles. The first-order chi connectivity index (χ1) is 32.2. The number of rotatable bonds is 10. The molecule has 0 unspecified atom stereocenters. The number of aromatic nitrogens is 4. The average molecular weight is 985 g/mol. The van der Waals surface area contributed by atoms with Crippen molar-refractivity contribution < 1.29 is 19.6 Å². The first-order valence-electron chi connectivity index (χ1n) is 21.2. The van der Waals surface area contributed by atoms with Gasteiger partial charge in [-0.3, -0.25) is 14.6 Å². The molecule has 0 fully saturated rings. The number of hydrogen-bond donors (Lipinski definition) is 8. The van der Waals surface area contributed by atoms with E-state index < -0.39 is 7.12 Å². The molecule has 66 heavy (non-hydrogen) atoms. The van der Waals surface area contributed by atoms with Gasteiger partial charge >= 0.3 is 7.12 Å². The van der Waals surface area contributed by atoms with Crippen molar-refractivity contribution >= 4 is 90.7 Å². The van der Waals surface area contributed by atoms with E-state index in [4.69, 9.17) is 16.5 Å². The van der Waals surface area contributed by atoms with Crippen LogP contribution in [0.3, 0.4) is 0 Å². The standard InChI is InChI=1S/C26H22N4O.C18H18BN3O3.C8H6IN/c27-14-17-9-11-18(12-10-17)15-29-26(31)21-13-25(30-24-8-4-2-5-19(21)24)22-16-28-23-7-3-1-6-20(22)23;20-10-12-5-7-13(8-6-12)11-21-18(23)15-9-17(19(24)25)22-16-4-2-1-3-14(15)16;9-7-5-10-8-4-2-1-3-6(7)8/h1-13,16,28H,14-15,27H2,(H,29,31);1-9,24-25H,10-11,20H2,(H,21,23);1-5,10H. The Labute approximate surface area is 394 Å². The number of nitrogens with one attached hydrogen (secondary N) is 4. The highest BCUT2D eigenvalue weighted by Crippen LogP contribution is 2.30. The van der Waals surface area contributed by atoms with Gasteiger partial charge in [0.1, 0.15) is 0 Å². The Balaban J connectivity index is 0.000000150. The number of nitrogens with two attached hydrogens (primary N) is 2. The molecular weight excluding hydrogens is 938 g/mol. The lowest BCUT2D eigenvalue weighted by molar-refractivity contribution is 0.0944. The number of H-pyrrole nitrogens is 2. The summed E-state index contributed by atoms with van der Waals surface area (Å²) in [5.41, 5.74) is 21.6. The van der Waals surface area contributed by atoms with Crippen LogP contribution in [0.25, 0.3) is 54.9 Å². The van der Waals surface area contributed by atoms with E-state index in [1.54, 1.807) is 24.3 Å². The lowest BCUT2D eigenvalue weighted by atomic mass is 9.84. The van der Waals surface area contributed by atoms with Gasteiger partial charge < -0.3 is 42.1 Å². The number of hydrogen-bond acceptors (Lipinski definition) is 8. The summed E-state index contributed by atoms with van der Waals surface area (Å²) in [5, 5.41) is 28.6. The van der Waals surface area contributed by atoms with Crippen molar-refractivity contribution in [2.75, 3.05) is 0 Å². The number of benzene rings is 6. The van der Waals surface area contributed by atoms with Gasteiger partial charge in [-0.05, 0) is 81.2 Å². The fourth-order valence-corrected chi connectivity index (χ4v) is 8.10. The summed E-state index contributed by atoms with van der Waals surface area (Å²) in [6.45, 7) is 1.79. The van der Waals surface area contributed by atoms with Crippen LogP contribution in [-0.2, 0) is 26.2 Å². The second-order valence-corrected chi connectivity index (χ2v) is 16.6. The van der Waals surface area contributed by atoms with E-state index in [-0.39, 0.29) is 17.4 Å². The molecule has 4 heterocycles. The van der Waals surface area contributed by atoms with Crippen LogP contribution in [0.5, 0.6) is 0 Å². The molecule has 14 heteroatoms. The summed E-state index contributed by atoms with van der Waals surface area (Å²) in [7, 11) is -1.74. The van der Waals surface area contributed by atoms with Gasteiger partial charge in [0.05, 0.1) is 27.9 Å². The molecule has 2 amide bonds. The molecule has 10 aromatic rings. The normalized spacial score (nSPS) is 10.9. The van der Waals surface area contributed by atoms with Crippen molar-refractivity contribution in [1.82, 2.24) is 30.6 Å². The Morgan fingerprint density at radius 2 is 0.985 bits per heavy atom. The maximum atomic E-state index is 13.2. The lowest BCUT2D eigenvalue weighted by Gasteiger charge is -2.11. The maximum absolute atomic E-state index is 13.2. The Bertz CT molecular complexity index is 3280. The van der Waals surface area contributed by atoms with E-state index in [9.17, 15) is 19.6 Å². The lowest BCUT2D eigenvalue weighted by Crippen LogP contribution is -2.34. The molecule has 0 bridgehead atoms. The van der Waals surface area contributed by atoms with Gasteiger partial charge in [-0.25, -0.2) is 4.98 Å². The topological polar surface area (TPSA) is 208 Å². The number of amides is 2. The number of para-hydroxylation sites is 4. The molecule has 0 atom stereocenters. The zero-order valence-corrected chi connectivity index (χ0v) is 37.9. The fraction of sp³-hybridized carbons (Fsp3) is 0.0769. The summed E-state index contributed by atoms with van der Waals surface area (Å²) in [5.74, 6) is -0.425. The van der Waals surface area contributed by atoms with Crippen LogP contribution in [0, 0.1) is 3.57 Å². The summed E-state index contributed by atoms with van der Waals surface area (Å²) in [4.78, 5) is 41.3. The first-order valence-corrected chi connectivity index (χ1v) is 22.3. The second kappa shape index (κ2) is 21.2. The number of carbonyl (C=O) groups is 2. The van der Waals surface area contributed by atoms with Crippen LogP contribution >= 0.6 is 22.6 Å². The third-order valence-electron chi connectivity index (χ3n) is 11.0. The zero-order chi connectivity index (χ0) is 46.0. The number of aromatic amines is 2. The molecule has 12 nitrogen and oxygen atoms in total. The predicted molar refractivity (Wildman–Crippen MR) is 273 cm³/mol. The first kappa shape index (κ1) is 45.4. The van der Waals surface area contributed by atoms with Gasteiger partial charge in [0.25, 0.3) is 11.8 Å². The van der Waals surface area contributed by atoms with E-state index in [0.29, 0.717) is 48.2 Å². The molecule has 0 aliphatic carbocycles. The van der Waals surface area contributed by atoms with E-state index in [1.807, 2.05) is 116 Å². The van der Waals surface area contributed by atoms with Crippen LogP contribution < -0.4 is 27.7 Å². The quantitative estimate of drug-likeness (QED) is 0.0499. The smallest absolute Gasteiger partial charge is 0.422 e. The van der Waals surface area contributed by atoms with Crippen LogP contribution in [0.4, 0.5) is 0 Å². The summed E-state index contributed by atoms with van der Waals surface area (Å²) in [6.07, 6.45) is 3.97. The maximum Gasteiger partial charge on any atom is 0.508 e. The number of fused-ring (bicyclic) bond motifs is 4. The Morgan fingerprint density at radius 3 is 1.52 bits per heavy atom. The monoisotopic (exact) mass is 984 g/mol. The highest BCUT2D eigenvalue weighted by atomic mass is 127. The van der Waals surface area contributed by atoms with Crippen LogP contribution in [0.2, 0.25) is 0 Å². The van der Waals surface area contributed by atoms with Crippen LogP contribution in [0.1, 0.15) is 43.0 Å². The minimum absolute atomic E-state index is 0.0381. The Morgan fingerprint density at radius 1 is 0.545 bits per heavy atom. The molecule has 0 saturated heterocycles. The van der Waals surface area contributed by atoms with Gasteiger partial charge in [-0.1, -0.05) is 121 Å². The van der Waals surface area contributed by atoms with Crippen molar-refractivity contribution in [2.45, 2.75) is 26.2 Å². The zero-order valence-electron chi connectivity index (χ0n) is 35.7. The molecule has 0 aliphatic heterocycles. The Hall–Kier alpha value is -7.21. The van der Waals surface area contributed by atoms with Gasteiger partial charge in [0.2, 0.25) is 0 Å². The molecule has 0 aliphatic rings. The van der Waals surface area contributed by atoms with Gasteiger partial charge in [-0.2, -0.15) is 0 Å². The number of carbonyl (C=O) groups excluding carboxylic acids is 2. The number of pyridine rings is 2. The van der Waals surface area contributed by atoms with E-state index in [0.717, 1.165) is 55.3 Å². The molecule has 0 saturated carbocycles. The van der Waals surface area contributed by atoms with Crippen LogP contribution in [-0.4, -0.2) is 48.9 Å². The molecule has 0 radical (unpaired) electrons. The van der Waals surface area contributed by atoms with Gasteiger partial charge in [-0.15, -0.1) is 0 Å². The molecule has 6 aromatic carbocycles. The minimum atomic E-state index is -1.74. The predicted octanol–water partition coefficient (Wildman–Crippen LogP) is 7.85. The van der Waals surface area contributed by atoms with E-state index in [1.165, 1.54) is 20.5 Å².